The molecule has 2 heterocycles. The van der Waals surface area contributed by atoms with E-state index in [4.69, 9.17) is 0 Å². The van der Waals surface area contributed by atoms with Crippen molar-refractivity contribution in [1.29, 1.82) is 0 Å². The molecule has 277 valence electrons. The largest absolute Gasteiger partial charge is 0.512 e. The number of fused-ring (bicyclic) bond motifs is 4. The van der Waals surface area contributed by atoms with E-state index in [9.17, 15) is 18.7 Å². The van der Waals surface area contributed by atoms with Gasteiger partial charge in [0.1, 0.15) is 6.33 Å². The average Bonchev–Trinajstić information content (AvgIpc) is 3.37. The van der Waals surface area contributed by atoms with Gasteiger partial charge in [-0.15, -0.1) is 40.1 Å². The number of aromatic nitrogens is 2. The van der Waals surface area contributed by atoms with Crippen LogP contribution in [0.2, 0.25) is 19.6 Å². The number of hydrogen-bond acceptors (Lipinski definition) is 5. The van der Waals surface area contributed by atoms with Crippen molar-refractivity contribution in [3.8, 4) is 11.3 Å². The zero-order valence-electron chi connectivity index (χ0n) is 31.8. The molecular weight excluding hydrogens is 855 g/mol. The van der Waals surface area contributed by atoms with E-state index < -0.39 is 14.5 Å². The summed E-state index contributed by atoms with van der Waals surface area (Å²) in [5.41, 5.74) is 3.32. The van der Waals surface area contributed by atoms with Crippen molar-refractivity contribution in [3.05, 3.63) is 78.3 Å². The van der Waals surface area contributed by atoms with E-state index in [-0.39, 0.29) is 49.9 Å². The molecule has 5 aromatic rings. The van der Waals surface area contributed by atoms with Crippen LogP contribution in [0, 0.1) is 41.6 Å². The average molecular weight is 908 g/mol. The fraction of sp³-hybridized carbons (Fsp3) is 0.452. The molecule has 51 heavy (non-hydrogen) atoms. The van der Waals surface area contributed by atoms with Crippen LogP contribution in [0.25, 0.3) is 42.3 Å². The van der Waals surface area contributed by atoms with Gasteiger partial charge in [-0.05, 0) is 35.3 Å². The Kier molecular flexibility index (Phi) is 14.8. The van der Waals surface area contributed by atoms with Crippen LogP contribution in [0.15, 0.2) is 66.7 Å². The summed E-state index contributed by atoms with van der Waals surface area (Å²) in [6.07, 6.45) is 0.485. The van der Waals surface area contributed by atoms with Gasteiger partial charge in [0.15, 0.2) is 5.78 Å². The number of alkyl halides is 2. The Labute approximate surface area is 321 Å². The van der Waals surface area contributed by atoms with Gasteiger partial charge in [0, 0.05) is 64.9 Å². The summed E-state index contributed by atoms with van der Waals surface area (Å²) in [5.74, 6) is 1.63. The molecule has 9 heteroatoms. The van der Waals surface area contributed by atoms with Gasteiger partial charge in [0.05, 0.1) is 19.3 Å². The predicted molar refractivity (Wildman–Crippen MR) is 211 cm³/mol. The number of allylic oxidation sites excluding steroid dienone is 2. The van der Waals surface area contributed by atoms with Crippen LogP contribution in [0.5, 0.6) is 0 Å². The number of thiophene rings is 1. The van der Waals surface area contributed by atoms with Gasteiger partial charge in [-0.25, -0.2) is 13.8 Å². The molecule has 2 aromatic heterocycles. The first kappa shape index (κ1) is 42.6. The number of rotatable bonds is 11. The second-order valence-corrected chi connectivity index (χ2v) is 21.9. The maximum Gasteiger partial charge on any atom is 0.242 e. The van der Waals surface area contributed by atoms with Crippen molar-refractivity contribution in [2.75, 3.05) is 0 Å². The van der Waals surface area contributed by atoms with Crippen LogP contribution < -0.4 is 5.19 Å². The van der Waals surface area contributed by atoms with Gasteiger partial charge in [-0.2, -0.15) is 0 Å². The van der Waals surface area contributed by atoms with Crippen LogP contribution in [0.1, 0.15) is 61.0 Å². The third kappa shape index (κ3) is 10.2. The molecule has 0 atom stereocenters. The van der Waals surface area contributed by atoms with E-state index in [1.807, 2.05) is 18.2 Å². The third-order valence-electron chi connectivity index (χ3n) is 9.38. The van der Waals surface area contributed by atoms with Crippen LogP contribution >= 0.6 is 11.3 Å². The van der Waals surface area contributed by atoms with Crippen molar-refractivity contribution in [2.24, 2.45) is 35.5 Å². The van der Waals surface area contributed by atoms with Crippen molar-refractivity contribution in [3.63, 3.8) is 0 Å². The number of aliphatic hydroxyl groups is 1. The predicted octanol–water partition coefficient (Wildman–Crippen LogP) is 11.7. The molecule has 0 saturated heterocycles. The van der Waals surface area contributed by atoms with Crippen LogP contribution in [0.3, 0.4) is 0 Å². The fourth-order valence-corrected chi connectivity index (χ4v) is 10.1. The Morgan fingerprint density at radius 2 is 1.47 bits per heavy atom. The first-order chi connectivity index (χ1) is 23.4. The first-order valence-electron chi connectivity index (χ1n) is 17.7. The molecule has 0 amide bonds. The molecule has 4 nitrogen and oxygen atoms in total. The second kappa shape index (κ2) is 17.8. The maximum absolute atomic E-state index is 12.9. The summed E-state index contributed by atoms with van der Waals surface area (Å²) >= 11 is 1.56. The van der Waals surface area contributed by atoms with Gasteiger partial charge >= 0.3 is 0 Å². The quantitative estimate of drug-likeness (QED) is 0.0621. The number of carbonyl (C=O) groups excluding carboxylic acids is 1. The standard InChI is InChI=1S/C25H21F2N2SSi.C17H32O2.Ir/c1-31(2,3)21-13-17(12-16-6-4-5-7-18(16)21)23-25-24(29-14-28-23)19-9-8-15(11-22(26)27)10-20(19)30-25;1-10(2)16(11(3)4)14(18)9-15(19)17(12(5)6)13(7)8;/h4-10,13-14,22H,11H2,1-3H3;9-13,16-18H,1-8H3;/q-1;;/b;14-9-;. The summed E-state index contributed by atoms with van der Waals surface area (Å²) in [6, 6.07) is 19.7. The van der Waals surface area contributed by atoms with Crippen LogP contribution in [-0.4, -0.2) is 35.4 Å². The number of halogens is 2. The van der Waals surface area contributed by atoms with E-state index >= 15 is 0 Å². The Morgan fingerprint density at radius 3 is 2.04 bits per heavy atom. The Morgan fingerprint density at radius 1 is 0.863 bits per heavy atom. The Balaban J connectivity index is 0.000000306. The number of ketones is 1. The SMILES string of the molecule is CC(C)C(C(=O)/C=C(\O)C(C(C)C)C(C)C)C(C)C.C[Si](C)(C)c1cc(-c2ncnc3c2sc2cc(CC(F)F)ccc23)[c-]c2ccccc12.[Ir]. The van der Waals surface area contributed by atoms with E-state index in [0.717, 1.165) is 36.9 Å². The molecule has 0 saturated carbocycles. The minimum atomic E-state index is -2.35. The van der Waals surface area contributed by atoms with Crippen LogP contribution in [-0.2, 0) is 31.3 Å². The van der Waals surface area contributed by atoms with E-state index in [0.29, 0.717) is 29.2 Å². The number of carbonyl (C=O) groups is 1. The van der Waals surface area contributed by atoms with Crippen molar-refractivity contribution >= 4 is 61.5 Å². The molecule has 0 spiro atoms. The fourth-order valence-electron chi connectivity index (χ4n) is 7.31. The van der Waals surface area contributed by atoms with E-state index in [1.165, 1.54) is 16.6 Å². The zero-order valence-corrected chi connectivity index (χ0v) is 36.0. The zero-order chi connectivity index (χ0) is 37.1. The van der Waals surface area contributed by atoms with Gasteiger partial charge in [0.25, 0.3) is 0 Å². The molecule has 3 aromatic carbocycles. The number of aliphatic hydroxyl groups excluding tert-OH is 1. The van der Waals surface area contributed by atoms with E-state index in [2.05, 4.69) is 115 Å². The number of nitrogens with zero attached hydrogens (tertiary/aromatic N) is 2. The summed E-state index contributed by atoms with van der Waals surface area (Å²) in [4.78, 5) is 21.5. The molecule has 0 aliphatic heterocycles. The number of hydrogen-bond donors (Lipinski definition) is 1. The van der Waals surface area contributed by atoms with E-state index in [1.54, 1.807) is 23.7 Å². The molecule has 1 N–H and O–H groups in total. The Bertz CT molecular complexity index is 1970. The Hall–Kier alpha value is -2.84. The monoisotopic (exact) mass is 908 g/mol. The van der Waals surface area contributed by atoms with Crippen molar-refractivity contribution < 1.29 is 38.8 Å². The number of benzene rings is 3. The third-order valence-corrected chi connectivity index (χ3v) is 12.6. The molecular formula is C42H53F2IrN2O2SSi-. The van der Waals surface area contributed by atoms with Crippen LogP contribution in [0.4, 0.5) is 8.78 Å². The molecule has 5 rings (SSSR count). The van der Waals surface area contributed by atoms with Gasteiger partial charge < -0.3 is 5.11 Å². The minimum Gasteiger partial charge on any atom is -0.512 e. The minimum absolute atomic E-state index is 0. The summed E-state index contributed by atoms with van der Waals surface area (Å²) in [6.45, 7) is 23.6. The molecule has 0 fully saturated rings. The molecule has 0 aliphatic rings. The summed E-state index contributed by atoms with van der Waals surface area (Å²) in [7, 11) is -1.62. The summed E-state index contributed by atoms with van der Waals surface area (Å²) in [5, 5.41) is 15.0. The molecule has 0 bridgehead atoms. The first-order valence-corrected chi connectivity index (χ1v) is 22.1. The van der Waals surface area contributed by atoms with Crippen molar-refractivity contribution in [2.45, 2.75) is 87.9 Å². The normalized spacial score (nSPS) is 12.7. The summed E-state index contributed by atoms with van der Waals surface area (Å²) < 4.78 is 27.6. The van der Waals surface area contributed by atoms with Gasteiger partial charge in [-0.3, -0.25) is 9.78 Å². The maximum atomic E-state index is 12.9. The molecule has 1 radical (unpaired) electrons. The molecule has 0 aliphatic carbocycles. The van der Waals surface area contributed by atoms with Gasteiger partial charge in [0.2, 0.25) is 6.43 Å². The second-order valence-electron chi connectivity index (χ2n) is 15.8. The van der Waals surface area contributed by atoms with Crippen molar-refractivity contribution in [1.82, 2.24) is 9.97 Å². The topological polar surface area (TPSA) is 63.1 Å². The van der Waals surface area contributed by atoms with Gasteiger partial charge in [-0.1, -0.05) is 116 Å². The smallest absolute Gasteiger partial charge is 0.242 e. The molecule has 0 unspecified atom stereocenters.